The number of nitrogens with zero attached hydrogens (tertiary/aromatic N) is 2. The molecular formula is C16H10Cl2N2O3S. The van der Waals surface area contributed by atoms with Crippen LogP contribution in [0.5, 0.6) is 0 Å². The molecule has 24 heavy (non-hydrogen) atoms. The van der Waals surface area contributed by atoms with Crippen LogP contribution in [0.1, 0.15) is 11.3 Å². The van der Waals surface area contributed by atoms with Gasteiger partial charge in [0, 0.05) is 33.8 Å². The first-order valence-electron chi connectivity index (χ1n) is 6.78. The van der Waals surface area contributed by atoms with Crippen molar-refractivity contribution >= 4 is 51.5 Å². The number of carbonyl (C=O) groups excluding carboxylic acids is 1. The van der Waals surface area contributed by atoms with Gasteiger partial charge in [-0.25, -0.2) is 9.78 Å². The monoisotopic (exact) mass is 380 g/mol. The Bertz CT molecular complexity index is 994. The van der Waals surface area contributed by atoms with Crippen molar-refractivity contribution in [1.29, 1.82) is 0 Å². The summed E-state index contributed by atoms with van der Waals surface area (Å²) >= 11 is 13.2. The highest BCUT2D eigenvalue weighted by Gasteiger charge is 2.06. The third kappa shape index (κ3) is 3.84. The molecule has 0 atom stereocenters. The maximum Gasteiger partial charge on any atom is 0.331 e. The van der Waals surface area contributed by atoms with E-state index < -0.39 is 5.97 Å². The first-order valence-corrected chi connectivity index (χ1v) is 8.42. The summed E-state index contributed by atoms with van der Waals surface area (Å²) in [6.45, 7) is -0.0822. The first kappa shape index (κ1) is 16.7. The standard InChI is InChI=1S/C16H10Cl2N2O3S/c17-11-3-1-10(13(18)7-11)2-4-15(22)23-9-12-8-14(21)20-5-6-24-16(20)19-12/h1-8H,9H2/b4-2+. The van der Waals surface area contributed by atoms with Crippen LogP contribution in [0.15, 0.2) is 46.7 Å². The zero-order chi connectivity index (χ0) is 17.1. The molecule has 0 saturated carbocycles. The summed E-state index contributed by atoms with van der Waals surface area (Å²) in [5.41, 5.74) is 0.832. The molecule has 0 spiro atoms. The molecular weight excluding hydrogens is 371 g/mol. The Morgan fingerprint density at radius 1 is 1.33 bits per heavy atom. The van der Waals surface area contributed by atoms with E-state index in [1.165, 1.54) is 34.0 Å². The van der Waals surface area contributed by atoms with Crippen molar-refractivity contribution in [3.63, 3.8) is 0 Å². The fourth-order valence-electron chi connectivity index (χ4n) is 1.95. The Balaban J connectivity index is 1.66. The van der Waals surface area contributed by atoms with Crippen LogP contribution in [0.3, 0.4) is 0 Å². The number of ether oxygens (including phenoxy) is 1. The summed E-state index contributed by atoms with van der Waals surface area (Å²) in [7, 11) is 0. The number of rotatable bonds is 4. The van der Waals surface area contributed by atoms with Crippen molar-refractivity contribution in [2.24, 2.45) is 0 Å². The van der Waals surface area contributed by atoms with E-state index >= 15 is 0 Å². The van der Waals surface area contributed by atoms with Crippen LogP contribution in [-0.2, 0) is 16.1 Å². The molecule has 0 aliphatic rings. The lowest BCUT2D eigenvalue weighted by atomic mass is 10.2. The van der Waals surface area contributed by atoms with E-state index in [2.05, 4.69) is 4.98 Å². The van der Waals surface area contributed by atoms with Gasteiger partial charge in [0.1, 0.15) is 6.61 Å². The number of benzene rings is 1. The van der Waals surface area contributed by atoms with E-state index in [4.69, 9.17) is 27.9 Å². The molecule has 8 heteroatoms. The molecule has 0 aliphatic carbocycles. The number of thiazole rings is 1. The second-order valence-corrected chi connectivity index (χ2v) is 6.46. The second-order valence-electron chi connectivity index (χ2n) is 4.75. The second kappa shape index (κ2) is 7.17. The van der Waals surface area contributed by atoms with Crippen LogP contribution in [-0.4, -0.2) is 15.4 Å². The third-order valence-corrected chi connectivity index (χ3v) is 4.40. The van der Waals surface area contributed by atoms with Crippen LogP contribution >= 0.6 is 34.5 Å². The number of hydrogen-bond acceptors (Lipinski definition) is 5. The molecule has 0 aliphatic heterocycles. The fourth-order valence-corrected chi connectivity index (χ4v) is 3.16. The molecule has 0 saturated heterocycles. The summed E-state index contributed by atoms with van der Waals surface area (Å²) < 4.78 is 6.52. The smallest absolute Gasteiger partial charge is 0.331 e. The van der Waals surface area contributed by atoms with E-state index in [0.29, 0.717) is 26.3 Å². The summed E-state index contributed by atoms with van der Waals surface area (Å²) in [6, 6.07) is 6.29. The van der Waals surface area contributed by atoms with Crippen LogP contribution in [0, 0.1) is 0 Å². The number of aromatic nitrogens is 2. The first-order chi connectivity index (χ1) is 11.5. The van der Waals surface area contributed by atoms with Gasteiger partial charge < -0.3 is 4.74 Å². The van der Waals surface area contributed by atoms with Gasteiger partial charge >= 0.3 is 5.97 Å². The number of esters is 1. The summed E-state index contributed by atoms with van der Waals surface area (Å²) in [5, 5.41) is 2.71. The van der Waals surface area contributed by atoms with E-state index in [1.807, 2.05) is 0 Å². The average molecular weight is 381 g/mol. The predicted octanol–water partition coefficient (Wildman–Crippen LogP) is 3.82. The molecule has 0 N–H and O–H groups in total. The summed E-state index contributed by atoms with van der Waals surface area (Å²) in [6.07, 6.45) is 4.43. The lowest BCUT2D eigenvalue weighted by Crippen LogP contribution is -2.14. The molecule has 5 nitrogen and oxygen atoms in total. The zero-order valence-corrected chi connectivity index (χ0v) is 14.4. The highest BCUT2D eigenvalue weighted by Crippen LogP contribution is 2.22. The van der Waals surface area contributed by atoms with Gasteiger partial charge in [-0.15, -0.1) is 11.3 Å². The highest BCUT2D eigenvalue weighted by molar-refractivity contribution is 7.15. The largest absolute Gasteiger partial charge is 0.456 e. The molecule has 3 rings (SSSR count). The van der Waals surface area contributed by atoms with E-state index in [9.17, 15) is 9.59 Å². The number of fused-ring (bicyclic) bond motifs is 1. The Hall–Kier alpha value is -2.15. The maximum atomic E-state index is 11.8. The number of carbonyl (C=O) groups is 1. The van der Waals surface area contributed by atoms with E-state index in [1.54, 1.807) is 29.8 Å². The Kier molecular flexibility index (Phi) is 4.99. The van der Waals surface area contributed by atoms with Gasteiger partial charge in [0.05, 0.1) is 5.69 Å². The van der Waals surface area contributed by atoms with Gasteiger partial charge in [0.15, 0.2) is 4.96 Å². The SMILES string of the molecule is O=C(/C=C/c1ccc(Cl)cc1Cl)OCc1cc(=O)n2ccsc2n1. The Labute approximate surface area is 150 Å². The molecule has 0 amide bonds. The molecule has 3 aromatic rings. The van der Waals surface area contributed by atoms with Crippen molar-refractivity contribution in [2.45, 2.75) is 6.61 Å². The summed E-state index contributed by atoms with van der Waals surface area (Å²) in [5.74, 6) is -0.561. The topological polar surface area (TPSA) is 60.7 Å². The minimum absolute atomic E-state index is 0.0822. The molecule has 0 bridgehead atoms. The molecule has 122 valence electrons. The van der Waals surface area contributed by atoms with Crippen LogP contribution in [0.25, 0.3) is 11.0 Å². The van der Waals surface area contributed by atoms with Gasteiger partial charge in [0.2, 0.25) is 0 Å². The Morgan fingerprint density at radius 2 is 2.17 bits per heavy atom. The van der Waals surface area contributed by atoms with Crippen molar-refractivity contribution in [2.75, 3.05) is 0 Å². The van der Waals surface area contributed by atoms with Gasteiger partial charge in [-0.05, 0) is 23.8 Å². The average Bonchev–Trinajstić information content (AvgIpc) is 3.01. The molecule has 0 fully saturated rings. The molecule has 2 aromatic heterocycles. The molecule has 2 heterocycles. The quantitative estimate of drug-likeness (QED) is 0.509. The van der Waals surface area contributed by atoms with Gasteiger partial charge in [-0.2, -0.15) is 0 Å². The minimum Gasteiger partial charge on any atom is -0.456 e. The van der Waals surface area contributed by atoms with Crippen molar-refractivity contribution in [3.05, 3.63) is 73.6 Å². The van der Waals surface area contributed by atoms with Crippen LogP contribution in [0.2, 0.25) is 10.0 Å². The molecule has 1 aromatic carbocycles. The fraction of sp³-hybridized carbons (Fsp3) is 0.0625. The lowest BCUT2D eigenvalue weighted by molar-refractivity contribution is -0.139. The van der Waals surface area contributed by atoms with Crippen molar-refractivity contribution in [3.8, 4) is 0 Å². The molecule has 0 unspecified atom stereocenters. The number of hydrogen-bond donors (Lipinski definition) is 0. The maximum absolute atomic E-state index is 11.8. The van der Waals surface area contributed by atoms with Gasteiger partial charge in [0.25, 0.3) is 5.56 Å². The normalized spacial score (nSPS) is 11.2. The lowest BCUT2D eigenvalue weighted by Gasteiger charge is -2.02. The minimum atomic E-state index is -0.561. The van der Waals surface area contributed by atoms with Crippen LogP contribution < -0.4 is 5.56 Å². The van der Waals surface area contributed by atoms with Gasteiger partial charge in [-0.1, -0.05) is 29.3 Å². The van der Waals surface area contributed by atoms with Crippen molar-refractivity contribution < 1.29 is 9.53 Å². The highest BCUT2D eigenvalue weighted by atomic mass is 35.5. The third-order valence-electron chi connectivity index (χ3n) is 3.08. The zero-order valence-electron chi connectivity index (χ0n) is 12.1. The van der Waals surface area contributed by atoms with Crippen molar-refractivity contribution in [1.82, 2.24) is 9.38 Å². The van der Waals surface area contributed by atoms with E-state index in [0.717, 1.165) is 0 Å². The predicted molar refractivity (Wildman–Crippen MR) is 94.6 cm³/mol. The van der Waals surface area contributed by atoms with E-state index in [-0.39, 0.29) is 12.2 Å². The van der Waals surface area contributed by atoms with Crippen LogP contribution in [0.4, 0.5) is 0 Å². The number of halogens is 2. The Morgan fingerprint density at radius 3 is 2.96 bits per heavy atom. The molecule has 0 radical (unpaired) electrons. The van der Waals surface area contributed by atoms with Gasteiger partial charge in [-0.3, -0.25) is 9.20 Å². The summed E-state index contributed by atoms with van der Waals surface area (Å²) in [4.78, 5) is 28.4.